The van der Waals surface area contributed by atoms with E-state index in [0.717, 1.165) is 28.1 Å². The number of fused-ring (bicyclic) bond motifs is 1. The van der Waals surface area contributed by atoms with Gasteiger partial charge in [-0.3, -0.25) is 0 Å². The molecule has 0 saturated carbocycles. The zero-order valence-corrected chi connectivity index (χ0v) is 17.4. The Kier molecular flexibility index (Phi) is 5.80. The summed E-state index contributed by atoms with van der Waals surface area (Å²) >= 11 is 0. The first-order chi connectivity index (χ1) is 14.7. The maximum Gasteiger partial charge on any atom is 0.161 e. The van der Waals surface area contributed by atoms with Crippen LogP contribution in [0.4, 0.5) is 5.82 Å². The van der Waals surface area contributed by atoms with Gasteiger partial charge in [0, 0.05) is 17.8 Å². The molecule has 0 fully saturated rings. The smallest absolute Gasteiger partial charge is 0.161 e. The molecule has 0 aliphatic heterocycles. The van der Waals surface area contributed by atoms with E-state index in [2.05, 4.69) is 24.4 Å². The summed E-state index contributed by atoms with van der Waals surface area (Å²) in [7, 11) is 3.28. The maximum atomic E-state index is 5.42. The summed E-state index contributed by atoms with van der Waals surface area (Å²) in [6, 6.07) is 24.3. The van der Waals surface area contributed by atoms with Crippen molar-refractivity contribution < 1.29 is 9.47 Å². The highest BCUT2D eigenvalue weighted by molar-refractivity contribution is 5.89. The van der Waals surface area contributed by atoms with Gasteiger partial charge in [0.05, 0.1) is 19.7 Å². The van der Waals surface area contributed by atoms with Crippen LogP contribution in [0.3, 0.4) is 0 Å². The van der Waals surface area contributed by atoms with Crippen LogP contribution < -0.4 is 14.8 Å². The summed E-state index contributed by atoms with van der Waals surface area (Å²) in [6.07, 6.45) is 0. The SMILES string of the molecule is COc1ccc(CNc2nc(C(C)c3ccccc3)nc3ccccc23)cc1OC. The quantitative estimate of drug-likeness (QED) is 0.450. The van der Waals surface area contributed by atoms with E-state index >= 15 is 0 Å². The first-order valence-corrected chi connectivity index (χ1v) is 9.96. The first kappa shape index (κ1) is 19.7. The van der Waals surface area contributed by atoms with Crippen molar-refractivity contribution in [1.29, 1.82) is 0 Å². The lowest BCUT2D eigenvalue weighted by molar-refractivity contribution is 0.354. The molecule has 1 aromatic heterocycles. The lowest BCUT2D eigenvalue weighted by Gasteiger charge is -2.15. The molecule has 5 heteroatoms. The van der Waals surface area contributed by atoms with E-state index in [1.165, 1.54) is 5.56 Å². The standard InChI is InChI=1S/C25H25N3O2/c1-17(19-9-5-4-6-10-19)24-27-21-12-8-7-11-20(21)25(28-24)26-16-18-13-14-22(29-2)23(15-18)30-3/h4-15,17H,16H2,1-3H3,(H,26,27,28). The van der Waals surface area contributed by atoms with Crippen molar-refractivity contribution in [1.82, 2.24) is 9.97 Å². The highest BCUT2D eigenvalue weighted by Gasteiger charge is 2.15. The van der Waals surface area contributed by atoms with Crippen LogP contribution in [0.15, 0.2) is 72.8 Å². The van der Waals surface area contributed by atoms with Crippen molar-refractivity contribution in [2.24, 2.45) is 0 Å². The van der Waals surface area contributed by atoms with Gasteiger partial charge in [-0.15, -0.1) is 0 Å². The van der Waals surface area contributed by atoms with Gasteiger partial charge in [-0.25, -0.2) is 9.97 Å². The molecule has 0 saturated heterocycles. The maximum absolute atomic E-state index is 5.42. The van der Waals surface area contributed by atoms with Gasteiger partial charge >= 0.3 is 0 Å². The Bertz CT molecular complexity index is 1150. The second-order valence-electron chi connectivity index (χ2n) is 7.12. The van der Waals surface area contributed by atoms with E-state index < -0.39 is 0 Å². The van der Waals surface area contributed by atoms with Crippen LogP contribution in [-0.4, -0.2) is 24.2 Å². The van der Waals surface area contributed by atoms with Gasteiger partial charge in [0.2, 0.25) is 0 Å². The molecule has 0 aliphatic carbocycles. The Balaban J connectivity index is 1.66. The van der Waals surface area contributed by atoms with Crippen LogP contribution in [0.5, 0.6) is 11.5 Å². The molecule has 1 N–H and O–H groups in total. The minimum absolute atomic E-state index is 0.0948. The second-order valence-corrected chi connectivity index (χ2v) is 7.12. The van der Waals surface area contributed by atoms with E-state index in [9.17, 15) is 0 Å². The molecule has 1 unspecified atom stereocenters. The number of methoxy groups -OCH3 is 2. The summed E-state index contributed by atoms with van der Waals surface area (Å²) in [5, 5.41) is 4.49. The van der Waals surface area contributed by atoms with Crippen LogP contribution in [0.25, 0.3) is 10.9 Å². The number of para-hydroxylation sites is 1. The zero-order chi connectivity index (χ0) is 20.9. The number of nitrogens with zero attached hydrogens (tertiary/aromatic N) is 2. The van der Waals surface area contributed by atoms with Crippen molar-refractivity contribution in [2.75, 3.05) is 19.5 Å². The normalized spacial score (nSPS) is 11.8. The van der Waals surface area contributed by atoms with Crippen molar-refractivity contribution >= 4 is 16.7 Å². The fourth-order valence-corrected chi connectivity index (χ4v) is 3.49. The molecule has 3 aromatic carbocycles. The highest BCUT2D eigenvalue weighted by Crippen LogP contribution is 2.29. The summed E-state index contributed by atoms with van der Waals surface area (Å²) in [5.74, 6) is 3.15. The van der Waals surface area contributed by atoms with Crippen LogP contribution in [0.2, 0.25) is 0 Å². The summed E-state index contributed by atoms with van der Waals surface area (Å²) in [4.78, 5) is 9.72. The average molecular weight is 399 g/mol. The average Bonchev–Trinajstić information content (AvgIpc) is 2.82. The van der Waals surface area contributed by atoms with Gasteiger partial charge in [-0.2, -0.15) is 0 Å². The molecule has 152 valence electrons. The third-order valence-electron chi connectivity index (χ3n) is 5.22. The Morgan fingerprint density at radius 1 is 0.833 bits per heavy atom. The van der Waals surface area contributed by atoms with Gasteiger partial charge in [0.15, 0.2) is 11.5 Å². The zero-order valence-electron chi connectivity index (χ0n) is 17.4. The van der Waals surface area contributed by atoms with E-state index in [1.807, 2.05) is 60.7 Å². The van der Waals surface area contributed by atoms with Crippen LogP contribution in [-0.2, 0) is 6.54 Å². The molecule has 1 atom stereocenters. The molecular formula is C25H25N3O2. The fourth-order valence-electron chi connectivity index (χ4n) is 3.49. The summed E-state index contributed by atoms with van der Waals surface area (Å²) in [6.45, 7) is 2.75. The number of ether oxygens (including phenoxy) is 2. The van der Waals surface area contributed by atoms with Crippen molar-refractivity contribution in [2.45, 2.75) is 19.4 Å². The van der Waals surface area contributed by atoms with Crippen LogP contribution in [0.1, 0.15) is 29.8 Å². The summed E-state index contributed by atoms with van der Waals surface area (Å²) in [5.41, 5.74) is 3.20. The Hall–Kier alpha value is -3.60. The van der Waals surface area contributed by atoms with Crippen molar-refractivity contribution in [3.63, 3.8) is 0 Å². The number of hydrogen-bond donors (Lipinski definition) is 1. The molecule has 0 spiro atoms. The molecule has 4 rings (SSSR count). The van der Waals surface area contributed by atoms with Gasteiger partial charge < -0.3 is 14.8 Å². The van der Waals surface area contributed by atoms with Crippen molar-refractivity contribution in [3.05, 3.63) is 89.7 Å². The lowest BCUT2D eigenvalue weighted by Crippen LogP contribution is -2.08. The molecule has 4 aromatic rings. The van der Waals surface area contributed by atoms with Crippen LogP contribution in [0, 0.1) is 0 Å². The number of nitrogens with one attached hydrogen (secondary N) is 1. The third-order valence-corrected chi connectivity index (χ3v) is 5.22. The third kappa shape index (κ3) is 4.06. The minimum atomic E-state index is 0.0948. The largest absolute Gasteiger partial charge is 0.493 e. The van der Waals surface area contributed by atoms with E-state index in [0.29, 0.717) is 18.0 Å². The molecule has 0 radical (unpaired) electrons. The van der Waals surface area contributed by atoms with Gasteiger partial charge in [0.1, 0.15) is 11.6 Å². The Labute approximate surface area is 176 Å². The molecule has 5 nitrogen and oxygen atoms in total. The predicted octanol–water partition coefficient (Wildman–Crippen LogP) is 5.41. The molecule has 0 amide bonds. The minimum Gasteiger partial charge on any atom is -0.493 e. The van der Waals surface area contributed by atoms with Crippen LogP contribution >= 0.6 is 0 Å². The van der Waals surface area contributed by atoms with E-state index in [4.69, 9.17) is 19.4 Å². The predicted molar refractivity (Wildman–Crippen MR) is 120 cm³/mol. The molecule has 1 heterocycles. The van der Waals surface area contributed by atoms with Gasteiger partial charge in [-0.1, -0.05) is 55.5 Å². The van der Waals surface area contributed by atoms with E-state index in [-0.39, 0.29) is 5.92 Å². The lowest BCUT2D eigenvalue weighted by atomic mass is 10.0. The molecule has 30 heavy (non-hydrogen) atoms. The number of hydrogen-bond acceptors (Lipinski definition) is 5. The van der Waals surface area contributed by atoms with E-state index in [1.54, 1.807) is 14.2 Å². The second kappa shape index (κ2) is 8.82. The molecule has 0 bridgehead atoms. The highest BCUT2D eigenvalue weighted by atomic mass is 16.5. The summed E-state index contributed by atoms with van der Waals surface area (Å²) < 4.78 is 10.8. The number of aromatic nitrogens is 2. The first-order valence-electron chi connectivity index (χ1n) is 9.96. The Morgan fingerprint density at radius 3 is 2.33 bits per heavy atom. The monoisotopic (exact) mass is 399 g/mol. The molecular weight excluding hydrogens is 374 g/mol. The molecule has 0 aliphatic rings. The van der Waals surface area contributed by atoms with Gasteiger partial charge in [-0.05, 0) is 35.4 Å². The number of anilines is 1. The number of rotatable bonds is 7. The Morgan fingerprint density at radius 2 is 1.57 bits per heavy atom. The van der Waals surface area contributed by atoms with Gasteiger partial charge in [0.25, 0.3) is 0 Å². The number of benzene rings is 3. The fraction of sp³-hybridized carbons (Fsp3) is 0.200. The topological polar surface area (TPSA) is 56.3 Å². The van der Waals surface area contributed by atoms with Crippen molar-refractivity contribution in [3.8, 4) is 11.5 Å².